The topological polar surface area (TPSA) is 55.9 Å². The summed E-state index contributed by atoms with van der Waals surface area (Å²) >= 11 is 0. The zero-order valence-electron chi connectivity index (χ0n) is 46.3. The van der Waals surface area contributed by atoms with E-state index in [9.17, 15) is 9.50 Å². The fourth-order valence-electron chi connectivity index (χ4n) is 10.2. The van der Waals surface area contributed by atoms with Crippen molar-refractivity contribution in [2.45, 2.75) is 131 Å². The smallest absolute Gasteiger partial charge is 0.148 e. The fraction of sp³-hybridized carbons (Fsp3) is 0.294. The molecule has 0 aliphatic rings. The summed E-state index contributed by atoms with van der Waals surface area (Å²) in [5, 5.41) is 13.9. The van der Waals surface area contributed by atoms with Gasteiger partial charge in [0.2, 0.25) is 0 Å². The van der Waals surface area contributed by atoms with Crippen LogP contribution in [0.4, 0.5) is 4.39 Å². The molecule has 0 spiro atoms. The molecule has 0 atom stereocenters. The number of aromatic hydroxyl groups is 1. The molecule has 10 rings (SSSR count). The number of halogens is 1. The molecule has 7 aromatic carbocycles. The average Bonchev–Trinajstić information content (AvgIpc) is 3.88. The molecule has 0 aliphatic carbocycles. The van der Waals surface area contributed by atoms with E-state index in [1.165, 1.54) is 44.6 Å². The molecule has 7 heteroatoms. The summed E-state index contributed by atoms with van der Waals surface area (Å²) < 4.78 is 19.3. The van der Waals surface area contributed by atoms with E-state index < -0.39 is 5.82 Å². The summed E-state index contributed by atoms with van der Waals surface area (Å²) in [6.07, 6.45) is 1.94. The van der Waals surface area contributed by atoms with Crippen molar-refractivity contribution in [1.29, 1.82) is 0 Å². The molecule has 0 bridgehead atoms. The second-order valence-electron chi connectivity index (χ2n) is 25.6. The molecule has 0 saturated carbocycles. The van der Waals surface area contributed by atoms with Crippen LogP contribution in [-0.4, -0.2) is 24.2 Å². The Bertz CT molecular complexity index is 3790. The van der Waals surface area contributed by atoms with Gasteiger partial charge in [-0.25, -0.2) is 9.37 Å². The number of hydrogen-bond donors (Lipinski definition) is 1. The first-order chi connectivity index (χ1) is 34.6. The molecule has 3 heterocycles. The molecule has 1 N–H and O–H groups in total. The maximum atomic E-state index is 14.7. The van der Waals surface area contributed by atoms with Gasteiger partial charge >= 0.3 is 0 Å². The van der Waals surface area contributed by atoms with Gasteiger partial charge in [-0.05, 0) is 128 Å². The SMILES string of the molecule is CC(C)(C)c1cc(-c2cc(-c3cc(C(C)(C)C)cc4c5cc(C(C)(C)C)ccc5n(-c5ccccc5)c34)ccn2)[c-]c(-c2cccc3c2nc(-c2ccc(F)cc2O)n3-c2cc(C(C)(C)C)cc(C(C)(C)C)c2)c1.[Pt]. The number of pyridine rings is 1. The van der Waals surface area contributed by atoms with Crippen molar-refractivity contribution in [3.05, 3.63) is 185 Å². The average molecular weight is 1170 g/mol. The molecule has 10 aromatic rings. The van der Waals surface area contributed by atoms with Crippen LogP contribution in [0.3, 0.4) is 0 Å². The van der Waals surface area contributed by atoms with Crippen molar-refractivity contribution >= 4 is 32.8 Å². The summed E-state index contributed by atoms with van der Waals surface area (Å²) in [7, 11) is 0. The molecular weight excluding hydrogens is 1100 g/mol. The van der Waals surface area contributed by atoms with E-state index in [1.54, 1.807) is 6.07 Å². The number of hydrogen-bond acceptors (Lipinski definition) is 3. The number of rotatable bonds is 6. The van der Waals surface area contributed by atoms with Crippen LogP contribution in [0, 0.1) is 11.9 Å². The Labute approximate surface area is 458 Å². The number of phenols is 1. The van der Waals surface area contributed by atoms with Crippen LogP contribution < -0.4 is 0 Å². The van der Waals surface area contributed by atoms with Gasteiger partial charge < -0.3 is 9.67 Å². The molecular formula is C68H70FN4OPt-. The Balaban J connectivity index is 0.00000689. The molecule has 5 nitrogen and oxygen atoms in total. The monoisotopic (exact) mass is 1170 g/mol. The first-order valence-corrected chi connectivity index (χ1v) is 26.1. The van der Waals surface area contributed by atoms with Gasteiger partial charge in [-0.15, -0.1) is 29.3 Å². The Morgan fingerprint density at radius 3 is 1.69 bits per heavy atom. The van der Waals surface area contributed by atoms with Crippen molar-refractivity contribution < 1.29 is 30.6 Å². The summed E-state index contributed by atoms with van der Waals surface area (Å²) in [5.74, 6) is -0.175. The predicted octanol–water partition coefficient (Wildman–Crippen LogP) is 18.3. The van der Waals surface area contributed by atoms with Crippen LogP contribution in [0.15, 0.2) is 146 Å². The van der Waals surface area contributed by atoms with Gasteiger partial charge in [0, 0.05) is 66.7 Å². The first kappa shape index (κ1) is 53.2. The van der Waals surface area contributed by atoms with Crippen molar-refractivity contribution in [3.8, 4) is 62.0 Å². The minimum atomic E-state index is -0.516. The van der Waals surface area contributed by atoms with Crippen molar-refractivity contribution in [1.82, 2.24) is 19.1 Å². The zero-order chi connectivity index (χ0) is 53.0. The third-order valence-corrected chi connectivity index (χ3v) is 14.8. The Morgan fingerprint density at radius 1 is 0.467 bits per heavy atom. The number of aromatic nitrogens is 4. The number of phenolic OH excluding ortho intramolecular Hbond substituents is 1. The van der Waals surface area contributed by atoms with Crippen molar-refractivity contribution in [3.63, 3.8) is 0 Å². The normalized spacial score (nSPS) is 12.7. The van der Waals surface area contributed by atoms with Crippen LogP contribution in [0.5, 0.6) is 5.75 Å². The van der Waals surface area contributed by atoms with Crippen molar-refractivity contribution in [2.24, 2.45) is 0 Å². The maximum absolute atomic E-state index is 14.7. The number of fused-ring (bicyclic) bond motifs is 4. The van der Waals surface area contributed by atoms with E-state index >= 15 is 0 Å². The number of benzene rings is 7. The minimum Gasteiger partial charge on any atom is -0.507 e. The van der Waals surface area contributed by atoms with Gasteiger partial charge in [-0.3, -0.25) is 9.55 Å². The number of nitrogens with zero attached hydrogens (tertiary/aromatic N) is 4. The molecule has 0 amide bonds. The summed E-state index contributed by atoms with van der Waals surface area (Å²) in [6.45, 7) is 33.8. The molecule has 386 valence electrons. The van der Waals surface area contributed by atoms with Crippen molar-refractivity contribution in [2.75, 3.05) is 0 Å². The Kier molecular flexibility index (Phi) is 13.4. The van der Waals surface area contributed by atoms with Gasteiger partial charge in [0.15, 0.2) is 0 Å². The maximum Gasteiger partial charge on any atom is 0.148 e. The standard InChI is InChI=1S/C68H70FN4O.Pt/c1-64(2,3)44-24-27-58-55(37-44)56-39-48(68(13,14)15)38-54(62(56)72(58)50-20-17-16-18-21-50)41-28-29-70-57(33-41)43-30-42(31-45(32-43)65(4,5)6)52-22-19-23-59-61(52)71-63(53-26-25-49(69)40-60(53)74)73(59)51-35-46(66(7,8)9)34-47(36-51)67(10,11)12;/h16-29,31-40,74H,1-15H3;/q-1;. The van der Waals surface area contributed by atoms with Gasteiger partial charge in [-0.2, -0.15) is 0 Å². The second kappa shape index (κ2) is 18.9. The van der Waals surface area contributed by atoms with Crippen LogP contribution in [0.25, 0.3) is 89.1 Å². The predicted molar refractivity (Wildman–Crippen MR) is 309 cm³/mol. The largest absolute Gasteiger partial charge is 0.507 e. The molecule has 0 aliphatic heterocycles. The molecule has 0 radical (unpaired) electrons. The quantitative estimate of drug-likeness (QED) is 0.169. The third-order valence-electron chi connectivity index (χ3n) is 14.8. The third kappa shape index (κ3) is 10.0. The van der Waals surface area contributed by atoms with Crippen LogP contribution in [0.1, 0.15) is 132 Å². The van der Waals surface area contributed by atoms with Gasteiger partial charge in [0.25, 0.3) is 0 Å². The second-order valence-corrected chi connectivity index (χ2v) is 25.6. The summed E-state index contributed by atoms with van der Waals surface area (Å²) in [6, 6.07) is 52.4. The van der Waals surface area contributed by atoms with E-state index in [4.69, 9.17) is 9.97 Å². The Hall–Kier alpha value is -6.62. The number of para-hydroxylation sites is 2. The minimum absolute atomic E-state index is 0. The Morgan fingerprint density at radius 2 is 1.07 bits per heavy atom. The van der Waals surface area contributed by atoms with E-state index in [-0.39, 0.29) is 53.9 Å². The fourth-order valence-corrected chi connectivity index (χ4v) is 10.2. The molecule has 0 unspecified atom stereocenters. The van der Waals surface area contributed by atoms with Crippen LogP contribution in [0.2, 0.25) is 0 Å². The first-order valence-electron chi connectivity index (χ1n) is 26.1. The molecule has 75 heavy (non-hydrogen) atoms. The van der Waals surface area contributed by atoms with E-state index in [1.807, 2.05) is 6.20 Å². The summed E-state index contributed by atoms with van der Waals surface area (Å²) in [4.78, 5) is 10.5. The van der Waals surface area contributed by atoms with Crippen LogP contribution >= 0.6 is 0 Å². The number of imidazole rings is 1. The van der Waals surface area contributed by atoms with Gasteiger partial charge in [0.1, 0.15) is 17.4 Å². The zero-order valence-corrected chi connectivity index (χ0v) is 48.6. The van der Waals surface area contributed by atoms with Gasteiger partial charge in [0.05, 0.1) is 27.6 Å². The molecule has 3 aromatic heterocycles. The summed E-state index contributed by atoms with van der Waals surface area (Å²) in [5.41, 5.74) is 17.4. The molecule has 0 saturated heterocycles. The van der Waals surface area contributed by atoms with E-state index in [2.05, 4.69) is 240 Å². The van der Waals surface area contributed by atoms with E-state index in [0.29, 0.717) is 11.4 Å². The van der Waals surface area contributed by atoms with Gasteiger partial charge in [-0.1, -0.05) is 164 Å². The van der Waals surface area contributed by atoms with Crippen LogP contribution in [-0.2, 0) is 48.1 Å². The molecule has 0 fully saturated rings. The van der Waals surface area contributed by atoms with E-state index in [0.717, 1.165) is 73.1 Å².